The van der Waals surface area contributed by atoms with Gasteiger partial charge in [0.25, 0.3) is 5.91 Å². The Labute approximate surface area is 136 Å². The van der Waals surface area contributed by atoms with Crippen LogP contribution in [0.1, 0.15) is 15.9 Å². The Hall–Kier alpha value is -0.600. The van der Waals surface area contributed by atoms with Crippen molar-refractivity contribution >= 4 is 37.8 Å². The zero-order valence-corrected chi connectivity index (χ0v) is 14.0. The molecule has 1 saturated heterocycles. The lowest BCUT2D eigenvalue weighted by atomic mass is 10.1. The molecule has 0 N–H and O–H groups in total. The molecular formula is C13H12Br2F3NO2. The van der Waals surface area contributed by atoms with Crippen molar-refractivity contribution in [2.24, 2.45) is 0 Å². The third-order valence-corrected chi connectivity index (χ3v) is 4.63. The highest BCUT2D eigenvalue weighted by Gasteiger charge is 2.33. The van der Waals surface area contributed by atoms with Crippen molar-refractivity contribution in [1.82, 2.24) is 4.90 Å². The van der Waals surface area contributed by atoms with Gasteiger partial charge >= 0.3 is 6.18 Å². The van der Waals surface area contributed by atoms with E-state index >= 15 is 0 Å². The first-order valence-electron chi connectivity index (χ1n) is 6.16. The normalized spacial score (nSPS) is 19.7. The molecule has 1 fully saturated rings. The number of ether oxygens (including phenoxy) is 1. The Bertz CT molecular complexity index is 537. The Morgan fingerprint density at radius 2 is 2.14 bits per heavy atom. The largest absolute Gasteiger partial charge is 0.416 e. The van der Waals surface area contributed by atoms with Gasteiger partial charge in [-0.3, -0.25) is 4.79 Å². The van der Waals surface area contributed by atoms with Gasteiger partial charge in [-0.15, -0.1) is 0 Å². The molecule has 0 saturated carbocycles. The molecule has 21 heavy (non-hydrogen) atoms. The van der Waals surface area contributed by atoms with Crippen LogP contribution in [0.5, 0.6) is 0 Å². The monoisotopic (exact) mass is 429 g/mol. The maximum Gasteiger partial charge on any atom is 0.416 e. The third kappa shape index (κ3) is 3.78. The molecule has 1 amide bonds. The zero-order valence-electron chi connectivity index (χ0n) is 10.8. The van der Waals surface area contributed by atoms with Gasteiger partial charge in [-0.05, 0) is 34.1 Å². The second-order valence-electron chi connectivity index (χ2n) is 4.57. The fraction of sp³-hybridized carbons (Fsp3) is 0.462. The van der Waals surface area contributed by atoms with Crippen LogP contribution in [0.3, 0.4) is 0 Å². The van der Waals surface area contributed by atoms with Crippen molar-refractivity contribution in [3.8, 4) is 0 Å². The van der Waals surface area contributed by atoms with Crippen LogP contribution in [0.4, 0.5) is 13.2 Å². The lowest BCUT2D eigenvalue weighted by Crippen LogP contribution is -2.49. The van der Waals surface area contributed by atoms with Gasteiger partial charge in [-0.2, -0.15) is 13.2 Å². The fourth-order valence-electron chi connectivity index (χ4n) is 2.07. The minimum atomic E-state index is -4.48. The van der Waals surface area contributed by atoms with E-state index < -0.39 is 17.6 Å². The van der Waals surface area contributed by atoms with E-state index in [1.807, 2.05) is 0 Å². The van der Waals surface area contributed by atoms with Crippen LogP contribution in [0, 0.1) is 0 Å². The van der Waals surface area contributed by atoms with Gasteiger partial charge in [-0.1, -0.05) is 15.9 Å². The third-order valence-electron chi connectivity index (χ3n) is 3.19. The van der Waals surface area contributed by atoms with Gasteiger partial charge in [0, 0.05) is 16.3 Å². The average Bonchev–Trinajstić information content (AvgIpc) is 2.45. The smallest absolute Gasteiger partial charge is 0.377 e. The summed E-state index contributed by atoms with van der Waals surface area (Å²) in [6.45, 7) is 1.11. The highest BCUT2D eigenvalue weighted by Crippen LogP contribution is 2.32. The number of benzene rings is 1. The maximum absolute atomic E-state index is 12.8. The average molecular weight is 431 g/mol. The predicted octanol–water partition coefficient (Wildman–Crippen LogP) is 3.70. The van der Waals surface area contributed by atoms with Gasteiger partial charge in [-0.25, -0.2) is 0 Å². The first kappa shape index (κ1) is 16.8. The molecule has 0 aromatic heterocycles. The molecule has 1 aliphatic heterocycles. The summed E-state index contributed by atoms with van der Waals surface area (Å²) in [5.41, 5.74) is -0.824. The summed E-state index contributed by atoms with van der Waals surface area (Å²) in [5.74, 6) is -0.430. The molecule has 0 bridgehead atoms. The predicted molar refractivity (Wildman–Crippen MR) is 78.6 cm³/mol. The summed E-state index contributed by atoms with van der Waals surface area (Å²) < 4.78 is 44.0. The number of alkyl halides is 4. The highest BCUT2D eigenvalue weighted by molar-refractivity contribution is 9.10. The van der Waals surface area contributed by atoms with Crippen LogP contribution >= 0.6 is 31.9 Å². The van der Waals surface area contributed by atoms with Gasteiger partial charge in [0.15, 0.2) is 0 Å². The molecular weight excluding hydrogens is 419 g/mol. The van der Waals surface area contributed by atoms with Crippen LogP contribution in [0.15, 0.2) is 22.7 Å². The molecule has 1 aliphatic rings. The number of hydrogen-bond donors (Lipinski definition) is 0. The zero-order chi connectivity index (χ0) is 15.6. The Morgan fingerprint density at radius 3 is 2.76 bits per heavy atom. The highest BCUT2D eigenvalue weighted by atomic mass is 79.9. The van der Waals surface area contributed by atoms with Crippen molar-refractivity contribution in [1.29, 1.82) is 0 Å². The Kier molecular flexibility index (Phi) is 5.32. The van der Waals surface area contributed by atoms with E-state index in [4.69, 9.17) is 4.74 Å². The molecule has 1 aromatic rings. The van der Waals surface area contributed by atoms with Crippen LogP contribution in [-0.2, 0) is 10.9 Å². The second kappa shape index (κ2) is 6.66. The Balaban J connectivity index is 2.33. The number of rotatable bonds is 2. The molecule has 2 rings (SSSR count). The number of hydrogen-bond acceptors (Lipinski definition) is 2. The number of morpholine rings is 1. The summed E-state index contributed by atoms with van der Waals surface area (Å²) in [6.07, 6.45) is -4.48. The first-order valence-corrected chi connectivity index (χ1v) is 8.07. The van der Waals surface area contributed by atoms with Crippen molar-refractivity contribution in [3.63, 3.8) is 0 Å². The van der Waals surface area contributed by atoms with E-state index in [1.165, 1.54) is 6.07 Å². The topological polar surface area (TPSA) is 29.5 Å². The van der Waals surface area contributed by atoms with E-state index in [0.717, 1.165) is 12.1 Å². The first-order chi connectivity index (χ1) is 9.84. The summed E-state index contributed by atoms with van der Waals surface area (Å²) >= 11 is 6.44. The molecule has 1 aromatic carbocycles. The van der Waals surface area contributed by atoms with E-state index in [2.05, 4.69) is 31.9 Å². The second-order valence-corrected chi connectivity index (χ2v) is 6.08. The fourth-order valence-corrected chi connectivity index (χ4v) is 3.02. The molecule has 3 nitrogen and oxygen atoms in total. The summed E-state index contributed by atoms with van der Waals surface area (Å²) in [5, 5.41) is 0.509. The molecule has 8 heteroatoms. The van der Waals surface area contributed by atoms with Gasteiger partial charge < -0.3 is 9.64 Å². The van der Waals surface area contributed by atoms with E-state index in [9.17, 15) is 18.0 Å². The molecule has 1 atom stereocenters. The van der Waals surface area contributed by atoms with Crippen LogP contribution in [0.25, 0.3) is 0 Å². The lowest BCUT2D eigenvalue weighted by Gasteiger charge is -2.35. The van der Waals surface area contributed by atoms with E-state index in [0.29, 0.717) is 29.6 Å². The number of carbonyl (C=O) groups excluding carboxylic acids is 1. The molecule has 0 spiro atoms. The molecule has 1 heterocycles. The molecule has 0 aliphatic carbocycles. The Morgan fingerprint density at radius 1 is 1.43 bits per heavy atom. The number of carbonyl (C=O) groups is 1. The number of nitrogens with zero attached hydrogens (tertiary/aromatic N) is 1. The molecule has 0 radical (unpaired) electrons. The van der Waals surface area contributed by atoms with Gasteiger partial charge in [0.05, 0.1) is 30.4 Å². The van der Waals surface area contributed by atoms with Crippen LogP contribution in [0.2, 0.25) is 0 Å². The standard InChI is InChI=1S/C13H12Br2F3NO2/c14-6-9-7-21-4-3-19(9)12(20)10-5-8(13(16,17)18)1-2-11(10)15/h1-2,5,9H,3-4,6-7H2. The number of amides is 1. The van der Waals surface area contributed by atoms with Gasteiger partial charge in [0.1, 0.15) is 0 Å². The summed E-state index contributed by atoms with van der Waals surface area (Å²) in [4.78, 5) is 14.1. The van der Waals surface area contributed by atoms with Crippen molar-refractivity contribution < 1.29 is 22.7 Å². The van der Waals surface area contributed by atoms with Crippen LogP contribution < -0.4 is 0 Å². The molecule has 116 valence electrons. The SMILES string of the molecule is O=C(c1cc(C(F)(F)F)ccc1Br)N1CCOCC1CBr. The lowest BCUT2D eigenvalue weighted by molar-refractivity contribution is -0.137. The minimum Gasteiger partial charge on any atom is -0.377 e. The van der Waals surface area contributed by atoms with Gasteiger partial charge in [0.2, 0.25) is 0 Å². The van der Waals surface area contributed by atoms with Crippen LogP contribution in [-0.4, -0.2) is 41.9 Å². The summed E-state index contributed by atoms with van der Waals surface area (Å²) in [7, 11) is 0. The quantitative estimate of drug-likeness (QED) is 0.669. The number of halogens is 5. The summed E-state index contributed by atoms with van der Waals surface area (Å²) in [6, 6.07) is 2.89. The van der Waals surface area contributed by atoms with E-state index in [-0.39, 0.29) is 11.6 Å². The van der Waals surface area contributed by atoms with Crippen molar-refractivity contribution in [2.45, 2.75) is 12.2 Å². The molecule has 1 unspecified atom stereocenters. The van der Waals surface area contributed by atoms with Crippen molar-refractivity contribution in [3.05, 3.63) is 33.8 Å². The van der Waals surface area contributed by atoms with E-state index in [1.54, 1.807) is 4.90 Å². The maximum atomic E-state index is 12.8. The minimum absolute atomic E-state index is 0.0117. The van der Waals surface area contributed by atoms with Crippen molar-refractivity contribution in [2.75, 3.05) is 25.1 Å².